The van der Waals surface area contributed by atoms with Gasteiger partial charge in [0.15, 0.2) is 0 Å². The summed E-state index contributed by atoms with van der Waals surface area (Å²) in [5.74, 6) is 1.25. The van der Waals surface area contributed by atoms with Crippen molar-refractivity contribution in [2.24, 2.45) is 11.8 Å². The molecule has 162 valence electrons. The van der Waals surface area contributed by atoms with E-state index in [0.717, 1.165) is 31.5 Å². The molecule has 6 nitrogen and oxygen atoms in total. The van der Waals surface area contributed by atoms with Crippen molar-refractivity contribution in [3.05, 3.63) is 23.9 Å². The lowest BCUT2D eigenvalue weighted by atomic mass is 9.85. The maximum atomic E-state index is 13.0. The van der Waals surface area contributed by atoms with E-state index in [1.54, 1.807) is 6.07 Å². The SMILES string of the molecule is Cc1cccc(NC(=O)C2CCCN(C(=O)C3CC4CCCCC4N3)C2)n1.Cl.Cl. The Morgan fingerprint density at radius 2 is 1.93 bits per heavy atom. The number of piperidine rings is 1. The molecule has 0 radical (unpaired) electrons. The Labute approximate surface area is 185 Å². The maximum Gasteiger partial charge on any atom is 0.239 e. The van der Waals surface area contributed by atoms with Crippen LogP contribution in [-0.4, -0.2) is 46.9 Å². The van der Waals surface area contributed by atoms with Crippen LogP contribution in [0.1, 0.15) is 50.6 Å². The number of aromatic nitrogens is 1. The fourth-order valence-corrected chi connectivity index (χ4v) is 4.96. The fraction of sp³-hybridized carbons (Fsp3) is 0.667. The van der Waals surface area contributed by atoms with Crippen LogP contribution < -0.4 is 10.6 Å². The average molecular weight is 443 g/mol. The normalized spacial score (nSPS) is 28.5. The first kappa shape index (κ1) is 23.9. The van der Waals surface area contributed by atoms with Crippen molar-refractivity contribution >= 4 is 42.4 Å². The van der Waals surface area contributed by atoms with Crippen LogP contribution in [0, 0.1) is 18.8 Å². The third-order valence-corrected chi connectivity index (χ3v) is 6.40. The zero-order valence-corrected chi connectivity index (χ0v) is 18.6. The van der Waals surface area contributed by atoms with Crippen LogP contribution in [0.25, 0.3) is 0 Å². The second kappa shape index (κ2) is 10.6. The van der Waals surface area contributed by atoms with E-state index in [0.29, 0.717) is 24.3 Å². The molecule has 1 aliphatic carbocycles. The number of amides is 2. The number of carbonyl (C=O) groups is 2. The first-order valence-corrected chi connectivity index (χ1v) is 10.4. The standard InChI is InChI=1S/C21H30N4O2.2ClH/c1-14-6-4-10-19(22-14)24-20(26)16-8-5-11-25(13-16)21(27)18-12-15-7-2-3-9-17(15)23-18;;/h4,6,10,15-18,23H,2-3,5,7-9,11-13H2,1H3,(H,22,24,26);2*1H. The number of hydrogen-bond acceptors (Lipinski definition) is 4. The van der Waals surface area contributed by atoms with Crippen molar-refractivity contribution in [2.75, 3.05) is 18.4 Å². The number of carbonyl (C=O) groups excluding carboxylic acids is 2. The summed E-state index contributed by atoms with van der Waals surface area (Å²) in [6.07, 6.45) is 7.68. The van der Waals surface area contributed by atoms with Crippen molar-refractivity contribution < 1.29 is 9.59 Å². The molecule has 1 aromatic rings. The highest BCUT2D eigenvalue weighted by Gasteiger charge is 2.40. The Hall–Kier alpha value is -1.37. The van der Waals surface area contributed by atoms with Crippen molar-refractivity contribution in [3.63, 3.8) is 0 Å². The van der Waals surface area contributed by atoms with Crippen LogP contribution in [0.4, 0.5) is 5.82 Å². The molecule has 1 saturated carbocycles. The van der Waals surface area contributed by atoms with E-state index in [9.17, 15) is 9.59 Å². The van der Waals surface area contributed by atoms with E-state index in [1.165, 1.54) is 25.7 Å². The Kier molecular flexibility index (Phi) is 8.73. The van der Waals surface area contributed by atoms with Gasteiger partial charge in [-0.25, -0.2) is 4.98 Å². The van der Waals surface area contributed by atoms with Gasteiger partial charge in [-0.1, -0.05) is 18.9 Å². The summed E-state index contributed by atoms with van der Waals surface area (Å²) in [5.41, 5.74) is 0.877. The molecule has 3 aliphatic rings. The fourth-order valence-electron chi connectivity index (χ4n) is 4.96. The quantitative estimate of drug-likeness (QED) is 0.752. The number of hydrogen-bond donors (Lipinski definition) is 2. The molecule has 0 bridgehead atoms. The summed E-state index contributed by atoms with van der Waals surface area (Å²) in [4.78, 5) is 32.0. The molecule has 4 unspecified atom stereocenters. The lowest BCUT2D eigenvalue weighted by molar-refractivity contribution is -0.136. The highest BCUT2D eigenvalue weighted by atomic mass is 35.5. The third kappa shape index (κ3) is 5.62. The van der Waals surface area contributed by atoms with Gasteiger partial charge in [-0.2, -0.15) is 0 Å². The van der Waals surface area contributed by atoms with Crippen molar-refractivity contribution in [2.45, 2.75) is 64.0 Å². The predicted octanol–water partition coefficient (Wildman–Crippen LogP) is 3.33. The van der Waals surface area contributed by atoms with Gasteiger partial charge in [0.2, 0.25) is 11.8 Å². The molecular weight excluding hydrogens is 411 g/mol. The molecule has 3 fully saturated rings. The molecule has 2 amide bonds. The number of fused-ring (bicyclic) bond motifs is 1. The van der Waals surface area contributed by atoms with Gasteiger partial charge in [0.25, 0.3) is 0 Å². The maximum absolute atomic E-state index is 13.0. The number of pyridine rings is 1. The molecular formula is C21H32Cl2N4O2. The summed E-state index contributed by atoms with van der Waals surface area (Å²) in [6, 6.07) is 6.06. The molecule has 2 aliphatic heterocycles. The largest absolute Gasteiger partial charge is 0.341 e. The molecule has 4 rings (SSSR count). The van der Waals surface area contributed by atoms with E-state index >= 15 is 0 Å². The van der Waals surface area contributed by atoms with Gasteiger partial charge in [-0.3, -0.25) is 9.59 Å². The van der Waals surface area contributed by atoms with Crippen LogP contribution in [-0.2, 0) is 9.59 Å². The number of halogens is 2. The van der Waals surface area contributed by atoms with Crippen molar-refractivity contribution in [3.8, 4) is 0 Å². The molecule has 2 saturated heterocycles. The van der Waals surface area contributed by atoms with E-state index < -0.39 is 0 Å². The first-order valence-electron chi connectivity index (χ1n) is 10.4. The topological polar surface area (TPSA) is 74.3 Å². The number of nitrogens with one attached hydrogen (secondary N) is 2. The van der Waals surface area contributed by atoms with Crippen LogP contribution in [0.3, 0.4) is 0 Å². The van der Waals surface area contributed by atoms with Crippen molar-refractivity contribution in [1.82, 2.24) is 15.2 Å². The van der Waals surface area contributed by atoms with E-state index in [2.05, 4.69) is 15.6 Å². The van der Waals surface area contributed by atoms with Crippen molar-refractivity contribution in [1.29, 1.82) is 0 Å². The van der Waals surface area contributed by atoms with Crippen LogP contribution in [0.2, 0.25) is 0 Å². The molecule has 8 heteroatoms. The van der Waals surface area contributed by atoms with Crippen LogP contribution >= 0.6 is 24.8 Å². The second-order valence-electron chi connectivity index (χ2n) is 8.38. The number of likely N-dealkylation sites (tertiary alicyclic amines) is 1. The summed E-state index contributed by atoms with van der Waals surface area (Å²) < 4.78 is 0. The lowest BCUT2D eigenvalue weighted by Crippen LogP contribution is -2.50. The minimum Gasteiger partial charge on any atom is -0.341 e. The minimum absolute atomic E-state index is 0. The van der Waals surface area contributed by atoms with E-state index in [1.807, 2.05) is 24.0 Å². The summed E-state index contributed by atoms with van der Waals surface area (Å²) in [5, 5.41) is 6.50. The molecule has 3 heterocycles. The number of rotatable bonds is 3. The third-order valence-electron chi connectivity index (χ3n) is 6.40. The second-order valence-corrected chi connectivity index (χ2v) is 8.38. The van der Waals surface area contributed by atoms with Gasteiger partial charge in [-0.05, 0) is 57.1 Å². The highest BCUT2D eigenvalue weighted by Crippen LogP contribution is 2.34. The van der Waals surface area contributed by atoms with Gasteiger partial charge >= 0.3 is 0 Å². The molecule has 4 atom stereocenters. The Morgan fingerprint density at radius 3 is 2.69 bits per heavy atom. The van der Waals surface area contributed by atoms with Gasteiger partial charge in [0, 0.05) is 24.8 Å². The summed E-state index contributed by atoms with van der Waals surface area (Å²) in [7, 11) is 0. The average Bonchev–Trinajstić information content (AvgIpc) is 3.12. The molecule has 29 heavy (non-hydrogen) atoms. The van der Waals surface area contributed by atoms with Crippen LogP contribution in [0.5, 0.6) is 0 Å². The van der Waals surface area contributed by atoms with Gasteiger partial charge < -0.3 is 15.5 Å². The predicted molar refractivity (Wildman–Crippen MR) is 119 cm³/mol. The number of anilines is 1. The Balaban J connectivity index is 0.00000150. The van der Waals surface area contributed by atoms with Gasteiger partial charge in [0.05, 0.1) is 12.0 Å². The smallest absolute Gasteiger partial charge is 0.239 e. The van der Waals surface area contributed by atoms with Gasteiger partial charge in [-0.15, -0.1) is 24.8 Å². The van der Waals surface area contributed by atoms with Crippen LogP contribution in [0.15, 0.2) is 18.2 Å². The molecule has 0 aromatic carbocycles. The Morgan fingerprint density at radius 1 is 1.14 bits per heavy atom. The molecule has 2 N–H and O–H groups in total. The Bertz CT molecular complexity index is 704. The zero-order valence-electron chi connectivity index (χ0n) is 16.9. The lowest BCUT2D eigenvalue weighted by Gasteiger charge is -2.33. The zero-order chi connectivity index (χ0) is 18.8. The van der Waals surface area contributed by atoms with E-state index in [4.69, 9.17) is 0 Å². The summed E-state index contributed by atoms with van der Waals surface area (Å²) in [6.45, 7) is 3.19. The number of aryl methyl sites for hydroxylation is 1. The van der Waals surface area contributed by atoms with E-state index in [-0.39, 0.29) is 48.6 Å². The minimum atomic E-state index is -0.159. The monoisotopic (exact) mass is 442 g/mol. The number of nitrogens with zero attached hydrogens (tertiary/aromatic N) is 2. The van der Waals surface area contributed by atoms with Gasteiger partial charge in [0.1, 0.15) is 5.82 Å². The first-order chi connectivity index (χ1) is 13.1. The molecule has 1 aromatic heterocycles. The summed E-state index contributed by atoms with van der Waals surface area (Å²) >= 11 is 0. The molecule has 0 spiro atoms. The highest BCUT2D eigenvalue weighted by molar-refractivity contribution is 5.92.